The highest BCUT2D eigenvalue weighted by Gasteiger charge is 2.14. The summed E-state index contributed by atoms with van der Waals surface area (Å²) in [5.41, 5.74) is 0.783. The van der Waals surface area contributed by atoms with E-state index in [1.54, 1.807) is 29.2 Å². The third kappa shape index (κ3) is 7.06. The first-order valence-corrected chi connectivity index (χ1v) is 8.08. The summed E-state index contributed by atoms with van der Waals surface area (Å²) in [5.74, 6) is -0.191. The van der Waals surface area contributed by atoms with Gasteiger partial charge in [0.25, 0.3) is 0 Å². The predicted molar refractivity (Wildman–Crippen MR) is 93.5 cm³/mol. The fourth-order valence-corrected chi connectivity index (χ4v) is 2.26. The Morgan fingerprint density at radius 2 is 1.96 bits per heavy atom. The van der Waals surface area contributed by atoms with Crippen LogP contribution in [-0.4, -0.2) is 37.0 Å². The highest BCUT2D eigenvalue weighted by molar-refractivity contribution is 6.42. The van der Waals surface area contributed by atoms with E-state index in [-0.39, 0.29) is 18.3 Å². The maximum atomic E-state index is 12.3. The van der Waals surface area contributed by atoms with Gasteiger partial charge in [0.05, 0.1) is 23.6 Å². The largest absolute Gasteiger partial charge is 0.469 e. The van der Waals surface area contributed by atoms with Crippen LogP contribution < -0.4 is 0 Å². The van der Waals surface area contributed by atoms with Crippen LogP contribution in [0.3, 0.4) is 0 Å². The minimum absolute atomic E-state index is 0.159. The summed E-state index contributed by atoms with van der Waals surface area (Å²) in [6.07, 6.45) is 3.32. The lowest BCUT2D eigenvalue weighted by molar-refractivity contribution is -0.141. The lowest BCUT2D eigenvalue weighted by Crippen LogP contribution is -2.34. The van der Waals surface area contributed by atoms with E-state index < -0.39 is 0 Å². The number of amides is 1. The van der Waals surface area contributed by atoms with Gasteiger partial charge in [-0.1, -0.05) is 43.1 Å². The maximum Gasteiger partial charge on any atom is 0.307 e. The zero-order chi connectivity index (χ0) is 17.4. The lowest BCUT2D eigenvalue weighted by atomic mass is 10.2. The molecule has 0 aliphatic heterocycles. The lowest BCUT2D eigenvalue weighted by Gasteiger charge is -2.22. The van der Waals surface area contributed by atoms with Crippen molar-refractivity contribution in [3.63, 3.8) is 0 Å². The summed E-state index contributed by atoms with van der Waals surface area (Å²) in [6, 6.07) is 5.14. The number of methoxy groups -OCH3 is 1. The van der Waals surface area contributed by atoms with Crippen molar-refractivity contribution in [1.82, 2.24) is 4.90 Å². The van der Waals surface area contributed by atoms with Gasteiger partial charge in [0, 0.05) is 19.2 Å². The van der Waals surface area contributed by atoms with Gasteiger partial charge in [-0.05, 0) is 29.7 Å². The van der Waals surface area contributed by atoms with Crippen LogP contribution in [0.5, 0.6) is 0 Å². The van der Waals surface area contributed by atoms with Gasteiger partial charge in [-0.3, -0.25) is 9.59 Å². The molecule has 0 aliphatic rings. The second-order valence-electron chi connectivity index (χ2n) is 5.51. The first kappa shape index (κ1) is 19.5. The number of esters is 1. The van der Waals surface area contributed by atoms with Crippen LogP contribution >= 0.6 is 23.2 Å². The average molecular weight is 358 g/mol. The van der Waals surface area contributed by atoms with Gasteiger partial charge in [-0.2, -0.15) is 0 Å². The zero-order valence-electron chi connectivity index (χ0n) is 13.5. The molecule has 0 N–H and O–H groups in total. The monoisotopic (exact) mass is 357 g/mol. The van der Waals surface area contributed by atoms with E-state index in [9.17, 15) is 9.59 Å². The smallest absolute Gasteiger partial charge is 0.307 e. The minimum Gasteiger partial charge on any atom is -0.469 e. The van der Waals surface area contributed by atoms with Crippen LogP contribution in [0.4, 0.5) is 0 Å². The minimum atomic E-state index is -0.333. The number of rotatable bonds is 7. The molecule has 6 heteroatoms. The van der Waals surface area contributed by atoms with Crippen LogP contribution in [0, 0.1) is 5.92 Å². The summed E-state index contributed by atoms with van der Waals surface area (Å²) in [6.45, 7) is 4.93. The molecule has 0 heterocycles. The number of carbonyl (C=O) groups is 2. The third-order valence-corrected chi connectivity index (χ3v) is 3.81. The Labute approximate surface area is 147 Å². The summed E-state index contributed by atoms with van der Waals surface area (Å²) < 4.78 is 4.62. The highest BCUT2D eigenvalue weighted by atomic mass is 35.5. The second-order valence-corrected chi connectivity index (χ2v) is 6.33. The van der Waals surface area contributed by atoms with Crippen molar-refractivity contribution < 1.29 is 14.3 Å². The highest BCUT2D eigenvalue weighted by Crippen LogP contribution is 2.23. The van der Waals surface area contributed by atoms with Crippen molar-refractivity contribution in [3.8, 4) is 0 Å². The molecule has 0 spiro atoms. The normalized spacial score (nSPS) is 11.0. The van der Waals surface area contributed by atoms with E-state index in [4.69, 9.17) is 23.2 Å². The van der Waals surface area contributed by atoms with Gasteiger partial charge in [-0.15, -0.1) is 0 Å². The molecule has 0 bridgehead atoms. The SMILES string of the molecule is COC(=O)CCN(CC(C)C)C(=O)/C=C/c1ccc(Cl)c(Cl)c1. The standard InChI is InChI=1S/C17H21Cl2NO3/c1-12(2)11-20(9-8-17(22)23-3)16(21)7-5-13-4-6-14(18)15(19)10-13/h4-7,10,12H,8-9,11H2,1-3H3/b7-5+. The molecule has 0 atom stereocenters. The van der Waals surface area contributed by atoms with E-state index in [2.05, 4.69) is 4.74 Å². The van der Waals surface area contributed by atoms with Crippen LogP contribution in [0.1, 0.15) is 25.8 Å². The van der Waals surface area contributed by atoms with E-state index in [0.717, 1.165) is 5.56 Å². The number of nitrogens with zero attached hydrogens (tertiary/aromatic N) is 1. The van der Waals surface area contributed by atoms with Crippen molar-refractivity contribution in [3.05, 3.63) is 39.9 Å². The van der Waals surface area contributed by atoms with Crippen LogP contribution in [0.2, 0.25) is 10.0 Å². The van der Waals surface area contributed by atoms with Gasteiger partial charge in [0.2, 0.25) is 5.91 Å². The second kappa shape index (κ2) is 9.58. The number of ether oxygens (including phenoxy) is 1. The van der Waals surface area contributed by atoms with Crippen molar-refractivity contribution in [2.45, 2.75) is 20.3 Å². The first-order valence-electron chi connectivity index (χ1n) is 7.32. The van der Waals surface area contributed by atoms with Gasteiger partial charge in [-0.25, -0.2) is 0 Å². The van der Waals surface area contributed by atoms with Gasteiger partial charge >= 0.3 is 5.97 Å². The molecule has 0 fully saturated rings. The molecule has 1 aromatic rings. The predicted octanol–water partition coefficient (Wildman–Crippen LogP) is 4.05. The molecule has 0 aliphatic carbocycles. The zero-order valence-corrected chi connectivity index (χ0v) is 15.0. The third-order valence-electron chi connectivity index (χ3n) is 3.07. The Bertz CT molecular complexity index is 585. The molecule has 126 valence electrons. The van der Waals surface area contributed by atoms with Crippen molar-refractivity contribution in [2.75, 3.05) is 20.2 Å². The Morgan fingerprint density at radius 1 is 1.26 bits per heavy atom. The molecule has 0 aromatic heterocycles. The molecule has 4 nitrogen and oxygen atoms in total. The van der Waals surface area contributed by atoms with Crippen LogP contribution in [-0.2, 0) is 14.3 Å². The number of carbonyl (C=O) groups excluding carboxylic acids is 2. The van der Waals surface area contributed by atoms with Gasteiger partial charge in [0.1, 0.15) is 0 Å². The fourth-order valence-electron chi connectivity index (χ4n) is 1.95. The Balaban J connectivity index is 2.76. The average Bonchev–Trinajstić information content (AvgIpc) is 2.51. The molecule has 1 aromatic carbocycles. The van der Waals surface area contributed by atoms with Crippen molar-refractivity contribution in [1.29, 1.82) is 0 Å². The summed E-state index contributed by atoms with van der Waals surface area (Å²) >= 11 is 11.8. The summed E-state index contributed by atoms with van der Waals surface area (Å²) in [7, 11) is 1.33. The Hall–Kier alpha value is -1.52. The number of halogens is 2. The molecule has 23 heavy (non-hydrogen) atoms. The number of hydrogen-bond donors (Lipinski definition) is 0. The van der Waals surface area contributed by atoms with Gasteiger partial charge in [0.15, 0.2) is 0 Å². The molecular formula is C17H21Cl2NO3. The summed E-state index contributed by atoms with van der Waals surface area (Å²) in [5, 5.41) is 0.903. The van der Waals surface area contributed by atoms with Crippen LogP contribution in [0.25, 0.3) is 6.08 Å². The van der Waals surface area contributed by atoms with Crippen molar-refractivity contribution in [2.24, 2.45) is 5.92 Å². The van der Waals surface area contributed by atoms with E-state index in [1.165, 1.54) is 13.2 Å². The molecule has 1 rings (SSSR count). The van der Waals surface area contributed by atoms with Crippen LogP contribution in [0.15, 0.2) is 24.3 Å². The molecule has 0 saturated heterocycles. The topological polar surface area (TPSA) is 46.6 Å². The quantitative estimate of drug-likeness (QED) is 0.546. The van der Waals surface area contributed by atoms with E-state index >= 15 is 0 Å². The molecule has 0 saturated carbocycles. The fraction of sp³-hybridized carbons (Fsp3) is 0.412. The van der Waals surface area contributed by atoms with E-state index in [1.807, 2.05) is 13.8 Å². The first-order chi connectivity index (χ1) is 10.8. The summed E-state index contributed by atoms with van der Waals surface area (Å²) in [4.78, 5) is 25.2. The Morgan fingerprint density at radius 3 is 2.52 bits per heavy atom. The number of benzene rings is 1. The molecule has 0 radical (unpaired) electrons. The van der Waals surface area contributed by atoms with E-state index in [0.29, 0.717) is 29.1 Å². The molecule has 1 amide bonds. The van der Waals surface area contributed by atoms with Crippen molar-refractivity contribution >= 4 is 41.2 Å². The Kier molecular flexibility index (Phi) is 8.13. The van der Waals surface area contributed by atoms with Gasteiger partial charge < -0.3 is 9.64 Å². The maximum absolute atomic E-state index is 12.3. The number of hydrogen-bond acceptors (Lipinski definition) is 3. The molecular weight excluding hydrogens is 337 g/mol. The molecule has 0 unspecified atom stereocenters.